The fourth-order valence-corrected chi connectivity index (χ4v) is 4.28. The number of carbonyl (C=O) groups excluding carboxylic acids is 2. The Balaban J connectivity index is 1.44. The second-order valence-corrected chi connectivity index (χ2v) is 8.34. The fraction of sp³-hybridized carbons (Fsp3) is 0.500. The molecule has 0 bridgehead atoms. The summed E-state index contributed by atoms with van der Waals surface area (Å²) >= 11 is 6.10. The summed E-state index contributed by atoms with van der Waals surface area (Å²) in [6.45, 7) is 3.58. The van der Waals surface area contributed by atoms with E-state index in [4.69, 9.17) is 21.1 Å². The van der Waals surface area contributed by atoms with E-state index in [1.165, 1.54) is 0 Å². The molecule has 1 aromatic heterocycles. The Bertz CT molecular complexity index is 885. The third-order valence-electron chi connectivity index (χ3n) is 5.76. The summed E-state index contributed by atoms with van der Waals surface area (Å²) in [5.41, 5.74) is 0. The molecule has 1 aromatic carbocycles. The fourth-order valence-electron chi connectivity index (χ4n) is 4.10. The third kappa shape index (κ3) is 5.77. The van der Waals surface area contributed by atoms with Crippen molar-refractivity contribution < 1.29 is 19.1 Å². The maximum Gasteiger partial charge on any atom is 0.244 e. The molecule has 0 N–H and O–H groups in total. The number of rotatable bonds is 6. The Morgan fingerprint density at radius 2 is 1.97 bits per heavy atom. The largest absolute Gasteiger partial charge is 0.490 e. The van der Waals surface area contributed by atoms with Gasteiger partial charge in [0.25, 0.3) is 0 Å². The molecule has 0 aliphatic carbocycles. The number of amides is 2. The standard InChI is InChI=1S/C22H27ClN4O4/c23-18-3-1-4-19(14-18)31-20-5-8-26(22(29)16-27-7-2-6-24-27)15-17(20)13-21(28)25-9-11-30-12-10-25/h1-4,6-7,14,17,20H,5,8-13,15-16H2/t17-,20-/m0/s1. The summed E-state index contributed by atoms with van der Waals surface area (Å²) in [5.74, 6) is 0.644. The Morgan fingerprint density at radius 3 is 2.71 bits per heavy atom. The number of ether oxygens (including phenoxy) is 2. The number of hydrogen-bond acceptors (Lipinski definition) is 5. The van der Waals surface area contributed by atoms with Crippen LogP contribution in [0.15, 0.2) is 42.7 Å². The van der Waals surface area contributed by atoms with Gasteiger partial charge >= 0.3 is 0 Å². The van der Waals surface area contributed by atoms with Gasteiger partial charge in [-0.1, -0.05) is 17.7 Å². The Kier molecular flexibility index (Phi) is 7.09. The van der Waals surface area contributed by atoms with E-state index in [1.807, 2.05) is 21.9 Å². The van der Waals surface area contributed by atoms with E-state index in [0.29, 0.717) is 63.0 Å². The number of benzene rings is 1. The van der Waals surface area contributed by atoms with E-state index in [0.717, 1.165) is 0 Å². The molecule has 9 heteroatoms. The second-order valence-electron chi connectivity index (χ2n) is 7.90. The summed E-state index contributed by atoms with van der Waals surface area (Å²) < 4.78 is 13.2. The lowest BCUT2D eigenvalue weighted by Crippen LogP contribution is -2.51. The van der Waals surface area contributed by atoms with Crippen LogP contribution >= 0.6 is 11.6 Å². The highest BCUT2D eigenvalue weighted by Gasteiger charge is 2.35. The van der Waals surface area contributed by atoms with Crippen molar-refractivity contribution in [2.45, 2.75) is 25.5 Å². The number of nitrogens with zero attached hydrogens (tertiary/aromatic N) is 4. The monoisotopic (exact) mass is 446 g/mol. The molecule has 2 aromatic rings. The molecule has 166 valence electrons. The van der Waals surface area contributed by atoms with E-state index in [9.17, 15) is 9.59 Å². The highest BCUT2D eigenvalue weighted by Crippen LogP contribution is 2.28. The van der Waals surface area contributed by atoms with Crippen molar-refractivity contribution in [3.8, 4) is 5.75 Å². The highest BCUT2D eigenvalue weighted by atomic mass is 35.5. The van der Waals surface area contributed by atoms with Gasteiger partial charge < -0.3 is 19.3 Å². The molecule has 2 aliphatic rings. The third-order valence-corrected chi connectivity index (χ3v) is 5.99. The van der Waals surface area contributed by atoms with Crippen LogP contribution in [0.25, 0.3) is 0 Å². The van der Waals surface area contributed by atoms with Crippen LogP contribution in [-0.4, -0.2) is 76.9 Å². The number of hydrogen-bond donors (Lipinski definition) is 0. The first-order valence-electron chi connectivity index (χ1n) is 10.6. The average Bonchev–Trinajstić information content (AvgIpc) is 3.28. The van der Waals surface area contributed by atoms with Crippen LogP contribution in [0.3, 0.4) is 0 Å². The smallest absolute Gasteiger partial charge is 0.244 e. The minimum absolute atomic E-state index is 0.00581. The molecule has 4 rings (SSSR count). The lowest BCUT2D eigenvalue weighted by molar-refractivity contribution is -0.141. The summed E-state index contributed by atoms with van der Waals surface area (Å²) in [4.78, 5) is 29.4. The maximum atomic E-state index is 12.9. The first kappa shape index (κ1) is 21.6. The van der Waals surface area contributed by atoms with Crippen LogP contribution in [0.5, 0.6) is 5.75 Å². The predicted octanol–water partition coefficient (Wildman–Crippen LogP) is 2.08. The Hall–Kier alpha value is -2.58. The topological polar surface area (TPSA) is 76.9 Å². The van der Waals surface area contributed by atoms with Crippen LogP contribution in [0.2, 0.25) is 5.02 Å². The summed E-state index contributed by atoms with van der Waals surface area (Å²) in [7, 11) is 0. The van der Waals surface area contributed by atoms with Crippen LogP contribution in [0.4, 0.5) is 0 Å². The van der Waals surface area contributed by atoms with Crippen molar-refractivity contribution in [2.75, 3.05) is 39.4 Å². The van der Waals surface area contributed by atoms with E-state index in [1.54, 1.807) is 35.3 Å². The van der Waals surface area contributed by atoms with Crippen molar-refractivity contribution >= 4 is 23.4 Å². The molecular formula is C22H27ClN4O4. The molecule has 0 saturated carbocycles. The van der Waals surface area contributed by atoms with Crippen LogP contribution < -0.4 is 4.74 Å². The van der Waals surface area contributed by atoms with E-state index in [-0.39, 0.29) is 30.4 Å². The van der Waals surface area contributed by atoms with E-state index >= 15 is 0 Å². The number of likely N-dealkylation sites (tertiary alicyclic amines) is 1. The molecule has 2 fully saturated rings. The van der Waals surface area contributed by atoms with Crippen molar-refractivity contribution in [2.24, 2.45) is 5.92 Å². The van der Waals surface area contributed by atoms with Gasteiger partial charge in [0.15, 0.2) is 0 Å². The minimum Gasteiger partial charge on any atom is -0.490 e. The zero-order valence-corrected chi connectivity index (χ0v) is 18.1. The lowest BCUT2D eigenvalue weighted by Gasteiger charge is -2.39. The van der Waals surface area contributed by atoms with Gasteiger partial charge in [-0.05, 0) is 24.3 Å². The average molecular weight is 447 g/mol. The molecule has 0 radical (unpaired) electrons. The van der Waals surface area contributed by atoms with E-state index < -0.39 is 0 Å². The molecule has 31 heavy (non-hydrogen) atoms. The molecule has 2 amide bonds. The van der Waals surface area contributed by atoms with Crippen LogP contribution in [0.1, 0.15) is 12.8 Å². The second kappa shape index (κ2) is 10.2. The Morgan fingerprint density at radius 1 is 1.13 bits per heavy atom. The summed E-state index contributed by atoms with van der Waals surface area (Å²) in [5, 5.41) is 4.72. The van der Waals surface area contributed by atoms with Crippen molar-refractivity contribution in [1.29, 1.82) is 0 Å². The van der Waals surface area contributed by atoms with Crippen LogP contribution in [0, 0.1) is 5.92 Å². The zero-order valence-electron chi connectivity index (χ0n) is 17.4. The first-order chi connectivity index (χ1) is 15.1. The summed E-state index contributed by atoms with van der Waals surface area (Å²) in [6, 6.07) is 9.07. The van der Waals surface area contributed by atoms with Gasteiger partial charge in [0.05, 0.1) is 13.2 Å². The van der Waals surface area contributed by atoms with Crippen molar-refractivity contribution in [3.05, 3.63) is 47.7 Å². The van der Waals surface area contributed by atoms with Gasteiger partial charge in [-0.3, -0.25) is 14.3 Å². The molecular weight excluding hydrogens is 420 g/mol. The molecule has 8 nitrogen and oxygen atoms in total. The molecule has 0 spiro atoms. The molecule has 2 atom stereocenters. The number of aromatic nitrogens is 2. The van der Waals surface area contributed by atoms with Crippen LogP contribution in [-0.2, 0) is 20.9 Å². The number of morpholine rings is 1. The normalized spacial score (nSPS) is 21.7. The summed E-state index contributed by atoms with van der Waals surface area (Å²) in [6.07, 6.45) is 4.24. The molecule has 2 saturated heterocycles. The first-order valence-corrected chi connectivity index (χ1v) is 11.0. The lowest BCUT2D eigenvalue weighted by atomic mass is 9.90. The number of halogens is 1. The predicted molar refractivity (Wildman–Crippen MR) is 115 cm³/mol. The molecule has 0 unspecified atom stereocenters. The van der Waals surface area contributed by atoms with Gasteiger partial charge in [-0.2, -0.15) is 5.10 Å². The number of carbonyl (C=O) groups is 2. The Labute approximate surface area is 186 Å². The van der Waals surface area contributed by atoms with Gasteiger partial charge in [-0.15, -0.1) is 0 Å². The molecule has 2 aliphatic heterocycles. The maximum absolute atomic E-state index is 12.9. The van der Waals surface area contributed by atoms with Crippen molar-refractivity contribution in [1.82, 2.24) is 19.6 Å². The quantitative estimate of drug-likeness (QED) is 0.679. The van der Waals surface area contributed by atoms with Crippen molar-refractivity contribution in [3.63, 3.8) is 0 Å². The number of piperidine rings is 1. The van der Waals surface area contributed by atoms with Gasteiger partial charge in [0.2, 0.25) is 11.8 Å². The van der Waals surface area contributed by atoms with E-state index in [2.05, 4.69) is 5.10 Å². The SMILES string of the molecule is O=C(C[C@H]1CN(C(=O)Cn2cccn2)CC[C@@H]1Oc1cccc(Cl)c1)N1CCOCC1. The van der Waals surface area contributed by atoms with Gasteiger partial charge in [0.1, 0.15) is 18.4 Å². The highest BCUT2D eigenvalue weighted by molar-refractivity contribution is 6.30. The zero-order chi connectivity index (χ0) is 21.6. The van der Waals surface area contributed by atoms with Gasteiger partial charge in [0, 0.05) is 62.4 Å². The molecule has 3 heterocycles. The minimum atomic E-state index is -0.169. The van der Waals surface area contributed by atoms with Gasteiger partial charge in [-0.25, -0.2) is 0 Å².